The minimum atomic E-state index is -0.415. The molecule has 2 N–H and O–H groups in total. The summed E-state index contributed by atoms with van der Waals surface area (Å²) in [6, 6.07) is 16.4. The van der Waals surface area contributed by atoms with Gasteiger partial charge in [0.1, 0.15) is 17.8 Å². The van der Waals surface area contributed by atoms with Crippen LogP contribution in [0.2, 0.25) is 0 Å². The Labute approximate surface area is 178 Å². The SMILES string of the molecule is CCCN1C(=O)c2cc(C(=O)Nc3ccc(F)cc3)ccc2[C@H]1Nc1ccc(F)cc1. The fourth-order valence-electron chi connectivity index (χ4n) is 3.63. The van der Waals surface area contributed by atoms with Gasteiger partial charge in [-0.15, -0.1) is 0 Å². The topological polar surface area (TPSA) is 61.4 Å². The van der Waals surface area contributed by atoms with Gasteiger partial charge in [-0.2, -0.15) is 0 Å². The second-order valence-corrected chi connectivity index (χ2v) is 7.32. The summed E-state index contributed by atoms with van der Waals surface area (Å²) in [5, 5.41) is 5.99. The Hall–Kier alpha value is -3.74. The average Bonchev–Trinajstić information content (AvgIpc) is 3.02. The second kappa shape index (κ2) is 8.55. The first-order valence-electron chi connectivity index (χ1n) is 10.00. The van der Waals surface area contributed by atoms with Crippen molar-refractivity contribution in [2.45, 2.75) is 19.5 Å². The van der Waals surface area contributed by atoms with Crippen molar-refractivity contribution in [1.82, 2.24) is 4.90 Å². The van der Waals surface area contributed by atoms with Gasteiger partial charge in [0.25, 0.3) is 11.8 Å². The molecule has 158 valence electrons. The van der Waals surface area contributed by atoms with Gasteiger partial charge in [-0.25, -0.2) is 8.78 Å². The maximum absolute atomic E-state index is 13.2. The highest BCUT2D eigenvalue weighted by Gasteiger charge is 2.36. The molecule has 31 heavy (non-hydrogen) atoms. The van der Waals surface area contributed by atoms with Crippen molar-refractivity contribution >= 4 is 23.2 Å². The van der Waals surface area contributed by atoms with Gasteiger partial charge in [0.15, 0.2) is 0 Å². The predicted molar refractivity (Wildman–Crippen MR) is 115 cm³/mol. The van der Waals surface area contributed by atoms with Crippen LogP contribution in [-0.4, -0.2) is 23.3 Å². The number of hydrogen-bond donors (Lipinski definition) is 2. The Kier molecular flexibility index (Phi) is 5.66. The van der Waals surface area contributed by atoms with Crippen LogP contribution in [0.25, 0.3) is 0 Å². The van der Waals surface area contributed by atoms with Crippen LogP contribution in [0.5, 0.6) is 0 Å². The molecular formula is C24H21F2N3O2. The summed E-state index contributed by atoms with van der Waals surface area (Å²) in [7, 11) is 0. The van der Waals surface area contributed by atoms with E-state index >= 15 is 0 Å². The fourth-order valence-corrected chi connectivity index (χ4v) is 3.63. The van der Waals surface area contributed by atoms with E-state index in [1.807, 2.05) is 6.92 Å². The monoisotopic (exact) mass is 421 g/mol. The molecule has 1 aliphatic heterocycles. The van der Waals surface area contributed by atoms with E-state index in [1.54, 1.807) is 35.2 Å². The summed E-state index contributed by atoms with van der Waals surface area (Å²) in [4.78, 5) is 27.4. The van der Waals surface area contributed by atoms with Crippen LogP contribution in [0.3, 0.4) is 0 Å². The van der Waals surface area contributed by atoms with Crippen molar-refractivity contribution in [2.24, 2.45) is 0 Å². The lowest BCUT2D eigenvalue weighted by Gasteiger charge is -2.26. The van der Waals surface area contributed by atoms with Crippen molar-refractivity contribution in [3.05, 3.63) is 95.1 Å². The summed E-state index contributed by atoms with van der Waals surface area (Å²) in [5.41, 5.74) is 2.67. The van der Waals surface area contributed by atoms with Gasteiger partial charge in [-0.1, -0.05) is 13.0 Å². The van der Waals surface area contributed by atoms with Crippen molar-refractivity contribution in [3.8, 4) is 0 Å². The van der Waals surface area contributed by atoms with E-state index in [0.29, 0.717) is 29.0 Å². The highest BCUT2D eigenvalue weighted by Crippen LogP contribution is 2.35. The molecule has 0 radical (unpaired) electrons. The van der Waals surface area contributed by atoms with Gasteiger partial charge in [0.05, 0.1) is 0 Å². The molecule has 5 nitrogen and oxygen atoms in total. The van der Waals surface area contributed by atoms with Gasteiger partial charge < -0.3 is 15.5 Å². The molecule has 1 aliphatic rings. The molecule has 0 saturated heterocycles. The minimum absolute atomic E-state index is 0.173. The van der Waals surface area contributed by atoms with Crippen LogP contribution in [0.4, 0.5) is 20.2 Å². The number of nitrogens with zero attached hydrogens (tertiary/aromatic N) is 1. The first-order chi connectivity index (χ1) is 15.0. The van der Waals surface area contributed by atoms with Crippen molar-refractivity contribution in [3.63, 3.8) is 0 Å². The number of carbonyl (C=O) groups excluding carboxylic acids is 2. The summed E-state index contributed by atoms with van der Waals surface area (Å²) in [6.45, 7) is 2.51. The molecule has 4 rings (SSSR count). The van der Waals surface area contributed by atoms with Gasteiger partial charge >= 0.3 is 0 Å². The minimum Gasteiger partial charge on any atom is -0.361 e. The van der Waals surface area contributed by atoms with Crippen LogP contribution in [-0.2, 0) is 0 Å². The molecule has 0 aliphatic carbocycles. The van der Waals surface area contributed by atoms with E-state index in [2.05, 4.69) is 10.6 Å². The van der Waals surface area contributed by atoms with Crippen LogP contribution in [0.1, 0.15) is 45.8 Å². The highest BCUT2D eigenvalue weighted by molar-refractivity contribution is 6.07. The molecule has 0 saturated carbocycles. The predicted octanol–water partition coefficient (Wildman–Crippen LogP) is 5.19. The number of amides is 2. The molecule has 0 spiro atoms. The van der Waals surface area contributed by atoms with Crippen LogP contribution < -0.4 is 10.6 Å². The first-order valence-corrected chi connectivity index (χ1v) is 10.00. The van der Waals surface area contributed by atoms with E-state index in [4.69, 9.17) is 0 Å². The molecule has 0 aromatic heterocycles. The zero-order valence-corrected chi connectivity index (χ0v) is 16.9. The van der Waals surface area contributed by atoms with Gasteiger partial charge in [-0.05, 0) is 67.1 Å². The van der Waals surface area contributed by atoms with E-state index in [0.717, 1.165) is 12.0 Å². The van der Waals surface area contributed by atoms with Gasteiger partial charge in [0.2, 0.25) is 0 Å². The standard InChI is InChI=1S/C24H21F2N3O2/c1-2-13-29-22(27-18-8-4-16(25)5-9-18)20-12-3-15(14-21(20)24(29)31)23(30)28-19-10-6-17(26)7-11-19/h3-12,14,22,27H,2,13H2,1H3,(H,28,30)/t22-/m0/s1. The molecule has 3 aromatic carbocycles. The third-order valence-electron chi connectivity index (χ3n) is 5.13. The Morgan fingerprint density at radius 2 is 1.55 bits per heavy atom. The van der Waals surface area contributed by atoms with Crippen LogP contribution in [0, 0.1) is 11.6 Å². The molecule has 1 atom stereocenters. The Morgan fingerprint density at radius 3 is 2.16 bits per heavy atom. The third kappa shape index (κ3) is 4.26. The lowest BCUT2D eigenvalue weighted by molar-refractivity contribution is 0.0743. The van der Waals surface area contributed by atoms with Gasteiger partial charge in [-0.3, -0.25) is 9.59 Å². The Morgan fingerprint density at radius 1 is 0.935 bits per heavy atom. The number of hydrogen-bond acceptors (Lipinski definition) is 3. The van der Waals surface area contributed by atoms with Gasteiger partial charge in [0, 0.05) is 34.6 Å². The summed E-state index contributed by atoms with van der Waals surface area (Å²) in [6.07, 6.45) is 0.348. The number of benzene rings is 3. The second-order valence-electron chi connectivity index (χ2n) is 7.32. The molecule has 0 bridgehead atoms. The quantitative estimate of drug-likeness (QED) is 0.576. The summed E-state index contributed by atoms with van der Waals surface area (Å²) < 4.78 is 26.3. The molecule has 0 fully saturated rings. The molecule has 2 amide bonds. The number of halogens is 2. The number of rotatable bonds is 6. The fraction of sp³-hybridized carbons (Fsp3) is 0.167. The number of nitrogens with one attached hydrogen (secondary N) is 2. The first kappa shape index (κ1) is 20.5. The van der Waals surface area contributed by atoms with Crippen molar-refractivity contribution < 1.29 is 18.4 Å². The van der Waals surface area contributed by atoms with Crippen molar-refractivity contribution in [1.29, 1.82) is 0 Å². The molecule has 0 unspecified atom stereocenters. The largest absolute Gasteiger partial charge is 0.361 e. The smallest absolute Gasteiger partial charge is 0.256 e. The zero-order chi connectivity index (χ0) is 22.0. The zero-order valence-electron chi connectivity index (χ0n) is 16.9. The van der Waals surface area contributed by atoms with Crippen LogP contribution in [0.15, 0.2) is 66.7 Å². The average molecular weight is 421 g/mol. The third-order valence-corrected chi connectivity index (χ3v) is 5.13. The summed E-state index contributed by atoms with van der Waals surface area (Å²) in [5.74, 6) is -1.29. The number of carbonyl (C=O) groups is 2. The Bertz CT molecular complexity index is 1110. The van der Waals surface area contributed by atoms with E-state index < -0.39 is 12.0 Å². The molecule has 3 aromatic rings. The maximum atomic E-state index is 13.2. The van der Waals surface area contributed by atoms with E-state index in [-0.39, 0.29) is 17.6 Å². The van der Waals surface area contributed by atoms with E-state index in [9.17, 15) is 18.4 Å². The Balaban J connectivity index is 1.61. The maximum Gasteiger partial charge on any atom is 0.256 e. The highest BCUT2D eigenvalue weighted by atomic mass is 19.1. The molecular weight excluding hydrogens is 400 g/mol. The normalized spacial score (nSPS) is 15.0. The summed E-state index contributed by atoms with van der Waals surface area (Å²) >= 11 is 0. The number of fused-ring (bicyclic) bond motifs is 1. The van der Waals surface area contributed by atoms with Crippen LogP contribution >= 0.6 is 0 Å². The number of anilines is 2. The molecule has 1 heterocycles. The van der Waals surface area contributed by atoms with E-state index in [1.165, 1.54) is 36.4 Å². The lowest BCUT2D eigenvalue weighted by Crippen LogP contribution is -2.32. The lowest BCUT2D eigenvalue weighted by atomic mass is 10.0. The van der Waals surface area contributed by atoms with Crippen molar-refractivity contribution in [2.75, 3.05) is 17.2 Å². The molecule has 7 heteroatoms.